The first-order chi connectivity index (χ1) is 11.4. The largest absolute Gasteiger partial charge is 0.548 e. The zero-order chi connectivity index (χ0) is 17.9. The summed E-state index contributed by atoms with van der Waals surface area (Å²) in [5.41, 5.74) is 2.11. The molecule has 1 aromatic rings. The number of aryl methyl sites for hydroxylation is 1. The molecule has 128 valence electrons. The average molecular weight is 362 g/mol. The van der Waals surface area contributed by atoms with Crippen LogP contribution in [0, 0.1) is 5.92 Å². The van der Waals surface area contributed by atoms with Crippen molar-refractivity contribution in [3.05, 3.63) is 40.3 Å². The number of amides is 1. The van der Waals surface area contributed by atoms with Crippen LogP contribution in [0.3, 0.4) is 0 Å². The summed E-state index contributed by atoms with van der Waals surface area (Å²) < 4.78 is 0.269. The van der Waals surface area contributed by atoms with Crippen LogP contribution < -0.4 is 5.11 Å². The normalized spacial score (nSPS) is 19.0. The van der Waals surface area contributed by atoms with Gasteiger partial charge in [-0.3, -0.25) is 9.69 Å². The minimum absolute atomic E-state index is 0.235. The number of hydrogen-bond donors (Lipinski definition) is 0. The molecule has 24 heavy (non-hydrogen) atoms. The van der Waals surface area contributed by atoms with E-state index in [1.807, 2.05) is 31.2 Å². The Hall–Kier alpha value is -1.66. The van der Waals surface area contributed by atoms with Crippen molar-refractivity contribution in [2.75, 3.05) is 0 Å². The summed E-state index contributed by atoms with van der Waals surface area (Å²) in [6.45, 7) is 5.74. The van der Waals surface area contributed by atoms with E-state index in [4.69, 9.17) is 12.2 Å². The van der Waals surface area contributed by atoms with Crippen LogP contribution in [0.25, 0.3) is 6.08 Å². The van der Waals surface area contributed by atoms with Gasteiger partial charge in [0.1, 0.15) is 4.32 Å². The van der Waals surface area contributed by atoms with Crippen LogP contribution >= 0.6 is 24.0 Å². The van der Waals surface area contributed by atoms with Crippen LogP contribution in [0.15, 0.2) is 29.2 Å². The Bertz CT molecular complexity index is 682. The van der Waals surface area contributed by atoms with E-state index < -0.39 is 12.0 Å². The van der Waals surface area contributed by atoms with Crippen molar-refractivity contribution in [1.29, 1.82) is 0 Å². The standard InChI is InChI=1S/C18H21NO3S2/c1-4-11(3)15(17(21)22)19-16(20)14(24-18(19)23)10-13-8-6-12(5-2)7-9-13/h6-11,15H,4-5H2,1-3H3,(H,21,22)/p-1/b14-10-/t11-,15-/m1/s1. The highest BCUT2D eigenvalue weighted by molar-refractivity contribution is 8.26. The Morgan fingerprint density at radius 3 is 2.46 bits per heavy atom. The second kappa shape index (κ2) is 7.94. The maximum atomic E-state index is 12.7. The number of carboxylic acid groups (broad SMARTS) is 1. The molecule has 4 nitrogen and oxygen atoms in total. The minimum Gasteiger partial charge on any atom is -0.548 e. The lowest BCUT2D eigenvalue weighted by Crippen LogP contribution is -2.53. The molecule has 1 heterocycles. The summed E-state index contributed by atoms with van der Waals surface area (Å²) in [7, 11) is 0. The number of thiocarbonyl (C=S) groups is 1. The Balaban J connectivity index is 2.29. The molecule has 0 radical (unpaired) electrons. The monoisotopic (exact) mass is 362 g/mol. The Morgan fingerprint density at radius 2 is 1.96 bits per heavy atom. The van der Waals surface area contributed by atoms with E-state index in [1.165, 1.54) is 10.5 Å². The van der Waals surface area contributed by atoms with Gasteiger partial charge in [0.25, 0.3) is 5.91 Å². The zero-order valence-electron chi connectivity index (χ0n) is 13.9. The molecule has 6 heteroatoms. The van der Waals surface area contributed by atoms with Crippen molar-refractivity contribution in [2.45, 2.75) is 39.7 Å². The SMILES string of the molecule is CCc1ccc(/C=C2\SC(=S)N([C@@H](C(=O)[O-])[C@H](C)CC)C2=O)cc1. The molecule has 0 aliphatic carbocycles. The summed E-state index contributed by atoms with van der Waals surface area (Å²) in [6.07, 6.45) is 3.32. The van der Waals surface area contributed by atoms with E-state index in [-0.39, 0.29) is 16.1 Å². The Morgan fingerprint density at radius 1 is 1.33 bits per heavy atom. The first-order valence-electron chi connectivity index (χ1n) is 7.95. The van der Waals surface area contributed by atoms with Crippen molar-refractivity contribution >= 4 is 46.3 Å². The van der Waals surface area contributed by atoms with Gasteiger partial charge in [0.15, 0.2) is 0 Å². The Labute approximate surface area is 151 Å². The van der Waals surface area contributed by atoms with E-state index in [0.29, 0.717) is 11.3 Å². The van der Waals surface area contributed by atoms with Crippen molar-refractivity contribution < 1.29 is 14.7 Å². The van der Waals surface area contributed by atoms with Gasteiger partial charge in [0, 0.05) is 0 Å². The van der Waals surface area contributed by atoms with Gasteiger partial charge >= 0.3 is 0 Å². The molecular formula is C18H20NO3S2-. The van der Waals surface area contributed by atoms with Crippen LogP contribution in [-0.4, -0.2) is 27.1 Å². The first kappa shape index (κ1) is 18.7. The van der Waals surface area contributed by atoms with Crippen molar-refractivity contribution in [1.82, 2.24) is 4.90 Å². The fourth-order valence-corrected chi connectivity index (χ4v) is 3.87. The lowest BCUT2D eigenvalue weighted by Gasteiger charge is -2.32. The smallest absolute Gasteiger partial charge is 0.266 e. The minimum atomic E-state index is -1.27. The topological polar surface area (TPSA) is 60.4 Å². The number of carbonyl (C=O) groups excluding carboxylic acids is 2. The number of benzene rings is 1. The zero-order valence-corrected chi connectivity index (χ0v) is 15.6. The summed E-state index contributed by atoms with van der Waals surface area (Å²) in [4.78, 5) is 25.8. The van der Waals surface area contributed by atoms with Gasteiger partial charge in [0.05, 0.1) is 16.9 Å². The quantitative estimate of drug-likeness (QED) is 0.575. The molecule has 1 fully saturated rings. The molecule has 0 bridgehead atoms. The Kier molecular flexibility index (Phi) is 6.18. The number of thioether (sulfide) groups is 1. The number of aliphatic carboxylic acids is 1. The predicted molar refractivity (Wildman–Crippen MR) is 99.1 cm³/mol. The van der Waals surface area contributed by atoms with Crippen molar-refractivity contribution in [2.24, 2.45) is 5.92 Å². The molecule has 1 aromatic carbocycles. The lowest BCUT2D eigenvalue weighted by atomic mass is 9.98. The highest BCUT2D eigenvalue weighted by Gasteiger charge is 2.39. The molecule has 1 saturated heterocycles. The predicted octanol–water partition coefficient (Wildman–Crippen LogP) is 2.61. The molecular weight excluding hydrogens is 342 g/mol. The van der Waals surface area contributed by atoms with Crippen LogP contribution in [0.1, 0.15) is 38.3 Å². The van der Waals surface area contributed by atoms with Crippen LogP contribution in [0.2, 0.25) is 0 Å². The number of carboxylic acids is 1. The highest BCUT2D eigenvalue weighted by Crippen LogP contribution is 2.35. The summed E-state index contributed by atoms with van der Waals surface area (Å²) >= 11 is 6.39. The second-order valence-electron chi connectivity index (χ2n) is 5.80. The van der Waals surface area contributed by atoms with Crippen molar-refractivity contribution in [3.8, 4) is 0 Å². The van der Waals surface area contributed by atoms with E-state index in [2.05, 4.69) is 6.92 Å². The molecule has 2 atom stereocenters. The molecule has 0 N–H and O–H groups in total. The molecule has 0 saturated carbocycles. The van der Waals surface area contributed by atoms with E-state index >= 15 is 0 Å². The third-order valence-electron chi connectivity index (χ3n) is 4.21. The highest BCUT2D eigenvalue weighted by atomic mass is 32.2. The van der Waals surface area contributed by atoms with Gasteiger partial charge in [-0.05, 0) is 29.5 Å². The van der Waals surface area contributed by atoms with Crippen LogP contribution in [0.5, 0.6) is 0 Å². The molecule has 0 unspecified atom stereocenters. The number of hydrogen-bond acceptors (Lipinski definition) is 5. The molecule has 2 rings (SSSR count). The van der Waals surface area contributed by atoms with Gasteiger partial charge in [-0.25, -0.2) is 0 Å². The van der Waals surface area contributed by atoms with Crippen LogP contribution in [-0.2, 0) is 16.0 Å². The van der Waals surface area contributed by atoms with Crippen molar-refractivity contribution in [3.63, 3.8) is 0 Å². The average Bonchev–Trinajstić information content (AvgIpc) is 2.83. The van der Waals surface area contributed by atoms with Crippen LogP contribution in [0.4, 0.5) is 0 Å². The van der Waals surface area contributed by atoms with E-state index in [9.17, 15) is 14.7 Å². The number of rotatable bonds is 6. The number of carbonyl (C=O) groups is 2. The van der Waals surface area contributed by atoms with Gasteiger partial charge in [0.2, 0.25) is 0 Å². The fraction of sp³-hybridized carbons (Fsp3) is 0.389. The van der Waals surface area contributed by atoms with E-state index in [0.717, 1.165) is 23.7 Å². The van der Waals surface area contributed by atoms with Gasteiger partial charge < -0.3 is 9.90 Å². The third-order valence-corrected chi connectivity index (χ3v) is 5.54. The molecule has 1 aliphatic rings. The van der Waals surface area contributed by atoms with Gasteiger partial charge in [-0.1, -0.05) is 75.4 Å². The van der Waals surface area contributed by atoms with Gasteiger partial charge in [-0.15, -0.1) is 0 Å². The van der Waals surface area contributed by atoms with E-state index in [1.54, 1.807) is 13.0 Å². The fourth-order valence-electron chi connectivity index (χ4n) is 2.54. The summed E-state index contributed by atoms with van der Waals surface area (Å²) in [6, 6.07) is 6.87. The summed E-state index contributed by atoms with van der Waals surface area (Å²) in [5.74, 6) is -1.87. The second-order valence-corrected chi connectivity index (χ2v) is 7.47. The number of nitrogens with zero attached hydrogens (tertiary/aromatic N) is 1. The maximum Gasteiger partial charge on any atom is 0.266 e. The first-order valence-corrected chi connectivity index (χ1v) is 9.18. The van der Waals surface area contributed by atoms with Gasteiger partial charge in [-0.2, -0.15) is 0 Å². The molecule has 0 spiro atoms. The lowest BCUT2D eigenvalue weighted by molar-refractivity contribution is -0.311. The molecule has 1 aliphatic heterocycles. The maximum absolute atomic E-state index is 12.7. The molecule has 0 aromatic heterocycles. The third kappa shape index (κ3) is 3.87. The molecule has 1 amide bonds. The summed E-state index contributed by atoms with van der Waals surface area (Å²) in [5, 5.41) is 11.5.